The molecule has 1 aliphatic heterocycles. The topological polar surface area (TPSA) is 32.8 Å². The summed E-state index contributed by atoms with van der Waals surface area (Å²) in [5.74, 6) is 0.859. The molecule has 0 bridgehead atoms. The van der Waals surface area contributed by atoms with Gasteiger partial charge in [0, 0.05) is 26.2 Å². The molecule has 0 N–H and O–H groups in total. The lowest BCUT2D eigenvalue weighted by Gasteiger charge is -2.21. The molecule has 4 nitrogen and oxygen atoms in total. The normalized spacial score (nSPS) is 19.6. The number of urea groups is 1. The molecule has 1 aromatic rings. The standard InChI is InChI=1S/C14H20N2O2/c1-9-6-11(13(18-5)7-10(9)2)12-8-15(3)14(17)16(12)4/h6-7,12H,8H2,1-5H3. The van der Waals surface area contributed by atoms with E-state index in [9.17, 15) is 4.79 Å². The minimum absolute atomic E-state index is 0.0558. The lowest BCUT2D eigenvalue weighted by Crippen LogP contribution is -2.26. The van der Waals surface area contributed by atoms with Gasteiger partial charge in [0.1, 0.15) is 5.75 Å². The zero-order valence-corrected chi connectivity index (χ0v) is 11.7. The predicted octanol–water partition coefficient (Wildman–Crippen LogP) is 2.35. The molecule has 1 fully saturated rings. The van der Waals surface area contributed by atoms with Crippen molar-refractivity contribution >= 4 is 6.03 Å². The molecule has 1 aromatic carbocycles. The van der Waals surface area contributed by atoms with Gasteiger partial charge in [0.05, 0.1) is 13.2 Å². The minimum atomic E-state index is 0.0558. The van der Waals surface area contributed by atoms with Crippen LogP contribution in [0.3, 0.4) is 0 Å². The smallest absolute Gasteiger partial charge is 0.320 e. The molecule has 2 rings (SSSR count). The van der Waals surface area contributed by atoms with Crippen molar-refractivity contribution in [2.45, 2.75) is 19.9 Å². The predicted molar refractivity (Wildman–Crippen MR) is 71.0 cm³/mol. The summed E-state index contributed by atoms with van der Waals surface area (Å²) in [6.45, 7) is 4.85. The number of hydrogen-bond acceptors (Lipinski definition) is 2. The molecule has 1 atom stereocenters. The molecule has 2 amide bonds. The average molecular weight is 248 g/mol. The highest BCUT2D eigenvalue weighted by atomic mass is 16.5. The van der Waals surface area contributed by atoms with Crippen LogP contribution in [0.15, 0.2) is 12.1 Å². The molecule has 1 heterocycles. The lowest BCUT2D eigenvalue weighted by atomic mass is 9.99. The second kappa shape index (κ2) is 4.52. The van der Waals surface area contributed by atoms with Gasteiger partial charge in [-0.15, -0.1) is 0 Å². The molecule has 1 saturated heterocycles. The molecule has 0 aliphatic carbocycles. The number of rotatable bonds is 2. The van der Waals surface area contributed by atoms with Crippen molar-refractivity contribution < 1.29 is 9.53 Å². The van der Waals surface area contributed by atoms with Gasteiger partial charge < -0.3 is 14.5 Å². The van der Waals surface area contributed by atoms with Crippen LogP contribution in [0.25, 0.3) is 0 Å². The van der Waals surface area contributed by atoms with Crippen LogP contribution in [0.5, 0.6) is 5.75 Å². The molecule has 4 heteroatoms. The van der Waals surface area contributed by atoms with Crippen molar-refractivity contribution in [3.8, 4) is 5.75 Å². The molecule has 1 aliphatic rings. The zero-order chi connectivity index (χ0) is 13.4. The minimum Gasteiger partial charge on any atom is -0.496 e. The van der Waals surface area contributed by atoms with Crippen LogP contribution in [-0.4, -0.2) is 43.6 Å². The monoisotopic (exact) mass is 248 g/mol. The number of carbonyl (C=O) groups is 1. The van der Waals surface area contributed by atoms with E-state index in [4.69, 9.17) is 4.74 Å². The zero-order valence-electron chi connectivity index (χ0n) is 11.7. The van der Waals surface area contributed by atoms with E-state index in [-0.39, 0.29) is 12.1 Å². The number of nitrogens with zero attached hydrogens (tertiary/aromatic N) is 2. The van der Waals surface area contributed by atoms with Gasteiger partial charge in [-0.1, -0.05) is 0 Å². The van der Waals surface area contributed by atoms with E-state index in [1.807, 2.05) is 20.2 Å². The Kier molecular flexibility index (Phi) is 3.20. The Morgan fingerprint density at radius 2 is 1.83 bits per heavy atom. The van der Waals surface area contributed by atoms with Crippen LogP contribution in [0.1, 0.15) is 22.7 Å². The summed E-state index contributed by atoms with van der Waals surface area (Å²) in [7, 11) is 5.34. The van der Waals surface area contributed by atoms with E-state index in [1.54, 1.807) is 16.9 Å². The second-order valence-electron chi connectivity index (χ2n) is 4.97. The van der Waals surface area contributed by atoms with Gasteiger partial charge in [0.25, 0.3) is 0 Å². The summed E-state index contributed by atoms with van der Waals surface area (Å²) in [5, 5.41) is 0. The first-order valence-corrected chi connectivity index (χ1v) is 6.08. The van der Waals surface area contributed by atoms with Crippen LogP contribution < -0.4 is 4.74 Å². The molecule has 0 saturated carbocycles. The summed E-state index contributed by atoms with van der Waals surface area (Å²) in [6.07, 6.45) is 0. The van der Waals surface area contributed by atoms with E-state index in [0.29, 0.717) is 6.54 Å². The Balaban J connectivity index is 2.45. The quantitative estimate of drug-likeness (QED) is 0.805. The third-order valence-corrected chi connectivity index (χ3v) is 3.75. The number of ether oxygens (including phenoxy) is 1. The molecule has 18 heavy (non-hydrogen) atoms. The highest BCUT2D eigenvalue weighted by molar-refractivity contribution is 5.77. The van der Waals surface area contributed by atoms with Crippen molar-refractivity contribution in [3.63, 3.8) is 0 Å². The maximum absolute atomic E-state index is 11.9. The van der Waals surface area contributed by atoms with Crippen LogP contribution in [0.2, 0.25) is 0 Å². The first-order valence-electron chi connectivity index (χ1n) is 6.08. The van der Waals surface area contributed by atoms with E-state index in [2.05, 4.69) is 19.9 Å². The Hall–Kier alpha value is -1.71. The van der Waals surface area contributed by atoms with Gasteiger partial charge in [0.15, 0.2) is 0 Å². The van der Waals surface area contributed by atoms with Crippen LogP contribution in [0.4, 0.5) is 4.79 Å². The SMILES string of the molecule is COc1cc(C)c(C)cc1C1CN(C)C(=O)N1C. The average Bonchev–Trinajstić information content (AvgIpc) is 2.60. The number of benzene rings is 1. The third kappa shape index (κ3) is 1.92. The molecular formula is C14H20N2O2. The highest BCUT2D eigenvalue weighted by Crippen LogP contribution is 2.35. The van der Waals surface area contributed by atoms with E-state index in [1.165, 1.54) is 11.1 Å². The van der Waals surface area contributed by atoms with Gasteiger partial charge in [-0.3, -0.25) is 0 Å². The summed E-state index contributed by atoms with van der Waals surface area (Å²) in [6, 6.07) is 4.29. The fourth-order valence-electron chi connectivity index (χ4n) is 2.42. The number of aryl methyl sites for hydroxylation is 2. The first-order chi connectivity index (χ1) is 8.45. The van der Waals surface area contributed by atoms with Crippen molar-refractivity contribution in [2.24, 2.45) is 0 Å². The van der Waals surface area contributed by atoms with Gasteiger partial charge in [-0.05, 0) is 37.1 Å². The number of methoxy groups -OCH3 is 1. The van der Waals surface area contributed by atoms with Crippen molar-refractivity contribution in [1.29, 1.82) is 0 Å². The van der Waals surface area contributed by atoms with E-state index >= 15 is 0 Å². The Morgan fingerprint density at radius 1 is 1.22 bits per heavy atom. The first kappa shape index (κ1) is 12.7. The molecule has 0 aromatic heterocycles. The maximum atomic E-state index is 11.9. The fraction of sp³-hybridized carbons (Fsp3) is 0.500. The fourth-order valence-corrected chi connectivity index (χ4v) is 2.42. The van der Waals surface area contributed by atoms with Gasteiger partial charge in [0.2, 0.25) is 0 Å². The van der Waals surface area contributed by atoms with E-state index < -0.39 is 0 Å². The third-order valence-electron chi connectivity index (χ3n) is 3.75. The number of hydrogen-bond donors (Lipinski definition) is 0. The van der Waals surface area contributed by atoms with Crippen molar-refractivity contribution in [2.75, 3.05) is 27.7 Å². The maximum Gasteiger partial charge on any atom is 0.320 e. The number of likely N-dealkylation sites (N-methyl/N-ethyl adjacent to an activating group) is 2. The molecule has 0 spiro atoms. The summed E-state index contributed by atoms with van der Waals surface area (Å²) >= 11 is 0. The summed E-state index contributed by atoms with van der Waals surface area (Å²) < 4.78 is 5.46. The van der Waals surface area contributed by atoms with Crippen LogP contribution in [-0.2, 0) is 0 Å². The molecular weight excluding hydrogens is 228 g/mol. The van der Waals surface area contributed by atoms with E-state index in [0.717, 1.165) is 11.3 Å². The largest absolute Gasteiger partial charge is 0.496 e. The van der Waals surface area contributed by atoms with Crippen LogP contribution >= 0.6 is 0 Å². The van der Waals surface area contributed by atoms with Crippen molar-refractivity contribution in [3.05, 3.63) is 28.8 Å². The summed E-state index contributed by atoms with van der Waals surface area (Å²) in [4.78, 5) is 15.4. The molecule has 98 valence electrons. The Labute approximate surface area is 108 Å². The molecule has 1 unspecified atom stereocenters. The van der Waals surface area contributed by atoms with Gasteiger partial charge in [-0.2, -0.15) is 0 Å². The highest BCUT2D eigenvalue weighted by Gasteiger charge is 2.34. The lowest BCUT2D eigenvalue weighted by molar-refractivity contribution is 0.201. The second-order valence-corrected chi connectivity index (χ2v) is 4.97. The van der Waals surface area contributed by atoms with Gasteiger partial charge in [-0.25, -0.2) is 4.79 Å². The Bertz CT molecular complexity index is 485. The summed E-state index contributed by atoms with van der Waals surface area (Å²) in [5.41, 5.74) is 3.51. The number of carbonyl (C=O) groups excluding carboxylic acids is 1. The van der Waals surface area contributed by atoms with Gasteiger partial charge >= 0.3 is 6.03 Å². The van der Waals surface area contributed by atoms with Crippen molar-refractivity contribution in [1.82, 2.24) is 9.80 Å². The Morgan fingerprint density at radius 3 is 2.33 bits per heavy atom. The number of amides is 2. The molecule has 0 radical (unpaired) electrons. The van der Waals surface area contributed by atoms with Crippen LogP contribution in [0, 0.1) is 13.8 Å².